The van der Waals surface area contributed by atoms with E-state index in [1.807, 2.05) is 52.0 Å². The van der Waals surface area contributed by atoms with E-state index in [0.717, 1.165) is 51.4 Å². The molecule has 0 saturated heterocycles. The summed E-state index contributed by atoms with van der Waals surface area (Å²) in [7, 11) is 0. The SMILES string of the molecule is CCCNC=O.CCc1ccc(-c2c(C)cc(OC(CCC(F)(F)F)c3ccc(C)s3)cc2C)cc1.O=CO. The van der Waals surface area contributed by atoms with Gasteiger partial charge in [0.1, 0.15) is 11.9 Å². The van der Waals surface area contributed by atoms with E-state index in [-0.39, 0.29) is 12.9 Å². The Labute approximate surface area is 233 Å². The third-order valence-electron chi connectivity index (χ3n) is 5.68. The van der Waals surface area contributed by atoms with E-state index in [0.29, 0.717) is 12.2 Å². The highest BCUT2D eigenvalue weighted by atomic mass is 32.1. The number of alkyl halides is 3. The Morgan fingerprint density at radius 2 is 1.59 bits per heavy atom. The number of aryl methyl sites for hydroxylation is 4. The third kappa shape index (κ3) is 12.4. The van der Waals surface area contributed by atoms with Crippen molar-refractivity contribution in [2.45, 2.75) is 72.6 Å². The molecule has 0 aliphatic carbocycles. The average Bonchev–Trinajstić information content (AvgIpc) is 3.31. The van der Waals surface area contributed by atoms with Crippen LogP contribution in [0.5, 0.6) is 5.75 Å². The number of carbonyl (C=O) groups excluding carboxylic acids is 1. The number of hydrogen-bond donors (Lipinski definition) is 2. The second-order valence-electron chi connectivity index (χ2n) is 8.87. The maximum atomic E-state index is 12.8. The van der Waals surface area contributed by atoms with Crippen molar-refractivity contribution in [3.8, 4) is 16.9 Å². The molecular weight excluding hydrogens is 527 g/mol. The Morgan fingerprint density at radius 3 is 2.00 bits per heavy atom. The smallest absolute Gasteiger partial charge is 0.389 e. The molecular formula is C30H38F3NO4S. The predicted molar refractivity (Wildman–Crippen MR) is 151 cm³/mol. The molecule has 1 atom stereocenters. The summed E-state index contributed by atoms with van der Waals surface area (Å²) in [5.41, 5.74) is 5.66. The number of ether oxygens (including phenoxy) is 1. The monoisotopic (exact) mass is 565 g/mol. The largest absolute Gasteiger partial charge is 0.485 e. The number of amides is 1. The van der Waals surface area contributed by atoms with Crippen LogP contribution in [-0.4, -0.2) is 30.7 Å². The lowest BCUT2D eigenvalue weighted by molar-refractivity contribution is -0.139. The highest BCUT2D eigenvalue weighted by molar-refractivity contribution is 7.12. The van der Waals surface area contributed by atoms with E-state index < -0.39 is 18.7 Å². The molecule has 0 aliphatic heterocycles. The van der Waals surface area contributed by atoms with Crippen LogP contribution in [0.15, 0.2) is 48.5 Å². The average molecular weight is 566 g/mol. The van der Waals surface area contributed by atoms with Crippen LogP contribution in [0.25, 0.3) is 11.1 Å². The van der Waals surface area contributed by atoms with Crippen molar-refractivity contribution >= 4 is 24.2 Å². The van der Waals surface area contributed by atoms with Gasteiger partial charge in [-0.25, -0.2) is 0 Å². The minimum Gasteiger partial charge on any atom is -0.485 e. The molecule has 0 radical (unpaired) electrons. The number of benzene rings is 2. The Morgan fingerprint density at radius 1 is 1.00 bits per heavy atom. The van der Waals surface area contributed by atoms with Crippen molar-refractivity contribution in [3.63, 3.8) is 0 Å². The molecule has 0 aliphatic rings. The lowest BCUT2D eigenvalue weighted by Crippen LogP contribution is -2.13. The van der Waals surface area contributed by atoms with Gasteiger partial charge in [0, 0.05) is 22.7 Å². The number of rotatable bonds is 10. The molecule has 0 bridgehead atoms. The third-order valence-corrected chi connectivity index (χ3v) is 6.77. The lowest BCUT2D eigenvalue weighted by Gasteiger charge is -2.21. The number of carbonyl (C=O) groups is 2. The second kappa shape index (κ2) is 17.3. The van der Waals surface area contributed by atoms with Crippen LogP contribution >= 0.6 is 11.3 Å². The molecule has 0 saturated carbocycles. The summed E-state index contributed by atoms with van der Waals surface area (Å²) >= 11 is 1.49. The molecule has 0 fully saturated rings. The van der Waals surface area contributed by atoms with Gasteiger partial charge in [0.25, 0.3) is 6.47 Å². The fraction of sp³-hybridized carbons (Fsp3) is 0.400. The fourth-order valence-corrected chi connectivity index (χ4v) is 4.84. The predicted octanol–water partition coefficient (Wildman–Crippen LogP) is 8.21. The van der Waals surface area contributed by atoms with E-state index in [1.54, 1.807) is 0 Å². The Kier molecular flexibility index (Phi) is 14.9. The molecule has 0 spiro atoms. The summed E-state index contributed by atoms with van der Waals surface area (Å²) in [4.78, 5) is 19.7. The zero-order valence-corrected chi connectivity index (χ0v) is 23.9. The molecule has 9 heteroatoms. The van der Waals surface area contributed by atoms with Crippen LogP contribution in [0.2, 0.25) is 0 Å². The molecule has 1 aromatic heterocycles. The van der Waals surface area contributed by atoms with Gasteiger partial charge in [-0.15, -0.1) is 11.3 Å². The van der Waals surface area contributed by atoms with Crippen LogP contribution in [-0.2, 0) is 16.0 Å². The first-order valence-electron chi connectivity index (χ1n) is 12.7. The first kappa shape index (κ1) is 33.7. The Hall–Kier alpha value is -3.33. The summed E-state index contributed by atoms with van der Waals surface area (Å²) in [6, 6.07) is 16.1. The van der Waals surface area contributed by atoms with Gasteiger partial charge in [-0.2, -0.15) is 13.2 Å². The summed E-state index contributed by atoms with van der Waals surface area (Å²) in [6.45, 7) is 10.7. The van der Waals surface area contributed by atoms with Gasteiger partial charge in [-0.1, -0.05) is 38.1 Å². The van der Waals surface area contributed by atoms with E-state index in [2.05, 4.69) is 36.5 Å². The first-order chi connectivity index (χ1) is 18.5. The van der Waals surface area contributed by atoms with Crippen molar-refractivity contribution in [3.05, 3.63) is 75.0 Å². The highest BCUT2D eigenvalue weighted by Gasteiger charge is 2.30. The van der Waals surface area contributed by atoms with Crippen LogP contribution in [0.1, 0.15) is 65.7 Å². The lowest BCUT2D eigenvalue weighted by atomic mass is 9.94. The number of nitrogens with one attached hydrogen (secondary N) is 1. The van der Waals surface area contributed by atoms with Crippen molar-refractivity contribution in [1.82, 2.24) is 5.32 Å². The van der Waals surface area contributed by atoms with Gasteiger partial charge in [0.05, 0.1) is 0 Å². The first-order valence-corrected chi connectivity index (χ1v) is 13.6. The molecule has 1 unspecified atom stereocenters. The molecule has 39 heavy (non-hydrogen) atoms. The van der Waals surface area contributed by atoms with Crippen molar-refractivity contribution < 1.29 is 32.6 Å². The van der Waals surface area contributed by atoms with Crippen LogP contribution in [0, 0.1) is 20.8 Å². The van der Waals surface area contributed by atoms with E-state index >= 15 is 0 Å². The number of halogens is 3. The molecule has 214 valence electrons. The number of thiophene rings is 1. The number of hydrogen-bond acceptors (Lipinski definition) is 4. The van der Waals surface area contributed by atoms with Gasteiger partial charge in [-0.3, -0.25) is 9.59 Å². The molecule has 3 rings (SSSR count). The second-order valence-corrected chi connectivity index (χ2v) is 10.2. The fourth-order valence-electron chi connectivity index (χ4n) is 3.90. The highest BCUT2D eigenvalue weighted by Crippen LogP contribution is 2.37. The molecule has 2 N–H and O–H groups in total. The summed E-state index contributed by atoms with van der Waals surface area (Å²) in [5.74, 6) is 0.608. The van der Waals surface area contributed by atoms with Crippen molar-refractivity contribution in [2.75, 3.05) is 6.54 Å². The maximum Gasteiger partial charge on any atom is 0.389 e. The van der Waals surface area contributed by atoms with E-state index in [9.17, 15) is 18.0 Å². The Balaban J connectivity index is 0.000000734. The maximum absolute atomic E-state index is 12.8. The Bertz CT molecular complexity index is 1120. The van der Waals surface area contributed by atoms with Crippen LogP contribution in [0.4, 0.5) is 13.2 Å². The number of carboxylic acid groups (broad SMARTS) is 1. The molecule has 1 amide bonds. The summed E-state index contributed by atoms with van der Waals surface area (Å²) in [5, 5.41) is 9.41. The standard InChI is InChI=1S/C25H27F3OS.C4H9NO.CH2O2/c1-5-19-7-9-20(10-8-19)24-16(2)14-21(15-17(24)3)29-22(12-13-25(26,27)28)23-11-6-18(4)30-23;1-2-3-5-4-6;2-1-3/h6-11,14-15,22H,5,12-13H2,1-4H3;4H,2-3H2,1H3,(H,5,6);1H,(H,2,3). The minimum absolute atomic E-state index is 0.0955. The van der Waals surface area contributed by atoms with Gasteiger partial charge in [0.15, 0.2) is 0 Å². The molecule has 2 aromatic carbocycles. The zero-order chi connectivity index (χ0) is 29.4. The molecule has 5 nitrogen and oxygen atoms in total. The zero-order valence-electron chi connectivity index (χ0n) is 23.1. The van der Waals surface area contributed by atoms with Gasteiger partial charge in [-0.05, 0) is 92.1 Å². The topological polar surface area (TPSA) is 75.6 Å². The van der Waals surface area contributed by atoms with Gasteiger partial charge >= 0.3 is 6.18 Å². The van der Waals surface area contributed by atoms with E-state index in [4.69, 9.17) is 14.6 Å². The summed E-state index contributed by atoms with van der Waals surface area (Å²) < 4.78 is 44.6. The van der Waals surface area contributed by atoms with Gasteiger partial charge in [0.2, 0.25) is 6.41 Å². The quantitative estimate of drug-likeness (QED) is 0.192. The van der Waals surface area contributed by atoms with E-state index in [1.165, 1.54) is 16.9 Å². The summed E-state index contributed by atoms with van der Waals surface area (Å²) in [6.07, 6.45) is -3.06. The van der Waals surface area contributed by atoms with Crippen LogP contribution in [0.3, 0.4) is 0 Å². The van der Waals surface area contributed by atoms with Crippen molar-refractivity contribution in [1.29, 1.82) is 0 Å². The normalized spacial score (nSPS) is 11.3. The molecule has 3 aromatic rings. The molecule has 1 heterocycles. The van der Waals surface area contributed by atoms with Gasteiger partial charge < -0.3 is 15.2 Å². The van der Waals surface area contributed by atoms with Crippen LogP contribution < -0.4 is 10.1 Å². The van der Waals surface area contributed by atoms with Crippen molar-refractivity contribution in [2.24, 2.45) is 0 Å². The minimum atomic E-state index is -4.20.